The Morgan fingerprint density at radius 3 is 1.86 bits per heavy atom. The standard InChI is InChI=1S/C23H21N3O2/c1-17(27)24-20-10-7-18(8-11-20)9-16-23(28)26-22-14-12-21(13-15-22)25-19-5-3-2-4-6-19/h2-16,25H,1H3,(H,24,27)(H,26,28)/b16-9+. The second kappa shape index (κ2) is 9.19. The summed E-state index contributed by atoms with van der Waals surface area (Å²) in [5.74, 6) is -0.331. The van der Waals surface area contributed by atoms with Gasteiger partial charge in [-0.25, -0.2) is 0 Å². The van der Waals surface area contributed by atoms with Gasteiger partial charge in [0.05, 0.1) is 0 Å². The summed E-state index contributed by atoms with van der Waals surface area (Å²) < 4.78 is 0. The van der Waals surface area contributed by atoms with E-state index < -0.39 is 0 Å². The van der Waals surface area contributed by atoms with E-state index in [2.05, 4.69) is 16.0 Å². The zero-order valence-electron chi connectivity index (χ0n) is 15.5. The van der Waals surface area contributed by atoms with Crippen molar-refractivity contribution in [2.75, 3.05) is 16.0 Å². The lowest BCUT2D eigenvalue weighted by Gasteiger charge is -2.07. The first kappa shape index (κ1) is 18.9. The number of anilines is 4. The number of hydrogen-bond acceptors (Lipinski definition) is 3. The lowest BCUT2D eigenvalue weighted by molar-refractivity contribution is -0.114. The van der Waals surface area contributed by atoms with Gasteiger partial charge >= 0.3 is 0 Å². The van der Waals surface area contributed by atoms with E-state index in [-0.39, 0.29) is 11.8 Å². The van der Waals surface area contributed by atoms with E-state index in [1.165, 1.54) is 13.0 Å². The third kappa shape index (κ3) is 5.85. The molecule has 0 saturated carbocycles. The van der Waals surface area contributed by atoms with Crippen LogP contribution in [0.1, 0.15) is 12.5 Å². The van der Waals surface area contributed by atoms with Crippen molar-refractivity contribution in [3.05, 3.63) is 90.5 Å². The summed E-state index contributed by atoms with van der Waals surface area (Å²) >= 11 is 0. The van der Waals surface area contributed by atoms with E-state index in [1.54, 1.807) is 18.2 Å². The maximum absolute atomic E-state index is 12.1. The van der Waals surface area contributed by atoms with Gasteiger partial charge in [-0.3, -0.25) is 9.59 Å². The summed E-state index contributed by atoms with van der Waals surface area (Å²) in [7, 11) is 0. The molecule has 5 heteroatoms. The third-order valence-electron chi connectivity index (χ3n) is 3.87. The van der Waals surface area contributed by atoms with Gasteiger partial charge in [0.2, 0.25) is 11.8 Å². The van der Waals surface area contributed by atoms with E-state index in [1.807, 2.05) is 66.7 Å². The van der Waals surface area contributed by atoms with Crippen molar-refractivity contribution in [2.45, 2.75) is 6.92 Å². The van der Waals surface area contributed by atoms with Crippen molar-refractivity contribution in [3.63, 3.8) is 0 Å². The van der Waals surface area contributed by atoms with Crippen molar-refractivity contribution in [3.8, 4) is 0 Å². The topological polar surface area (TPSA) is 70.2 Å². The van der Waals surface area contributed by atoms with Crippen LogP contribution in [0.25, 0.3) is 6.08 Å². The molecule has 0 aliphatic rings. The number of carbonyl (C=O) groups excluding carboxylic acids is 2. The minimum Gasteiger partial charge on any atom is -0.356 e. The number of benzene rings is 3. The second-order valence-electron chi connectivity index (χ2n) is 6.19. The van der Waals surface area contributed by atoms with Crippen LogP contribution in [0.5, 0.6) is 0 Å². The molecule has 3 aromatic carbocycles. The van der Waals surface area contributed by atoms with Crippen molar-refractivity contribution in [2.24, 2.45) is 0 Å². The quantitative estimate of drug-likeness (QED) is 0.532. The number of nitrogens with one attached hydrogen (secondary N) is 3. The molecular formula is C23H21N3O2. The molecule has 28 heavy (non-hydrogen) atoms. The molecule has 0 spiro atoms. The van der Waals surface area contributed by atoms with Gasteiger partial charge in [0.25, 0.3) is 0 Å². The fraction of sp³-hybridized carbons (Fsp3) is 0.0435. The monoisotopic (exact) mass is 371 g/mol. The molecule has 3 rings (SSSR count). The first-order valence-electron chi connectivity index (χ1n) is 8.87. The smallest absolute Gasteiger partial charge is 0.248 e. The molecule has 3 N–H and O–H groups in total. The predicted molar refractivity (Wildman–Crippen MR) is 115 cm³/mol. The average molecular weight is 371 g/mol. The fourth-order valence-electron chi connectivity index (χ4n) is 2.56. The van der Waals surface area contributed by atoms with Crippen molar-refractivity contribution >= 4 is 40.6 Å². The van der Waals surface area contributed by atoms with Crippen LogP contribution in [0.15, 0.2) is 84.9 Å². The maximum atomic E-state index is 12.1. The van der Waals surface area contributed by atoms with Gasteiger partial charge in [-0.1, -0.05) is 30.3 Å². The van der Waals surface area contributed by atoms with Crippen molar-refractivity contribution in [1.29, 1.82) is 0 Å². The molecule has 3 aromatic rings. The normalized spacial score (nSPS) is 10.5. The Kier molecular flexibility index (Phi) is 6.21. The van der Waals surface area contributed by atoms with Gasteiger partial charge in [-0.15, -0.1) is 0 Å². The summed E-state index contributed by atoms with van der Waals surface area (Å²) in [4.78, 5) is 23.1. The summed E-state index contributed by atoms with van der Waals surface area (Å²) in [6, 6.07) is 24.6. The van der Waals surface area contributed by atoms with Gasteiger partial charge in [0.1, 0.15) is 0 Å². The molecule has 0 aliphatic heterocycles. The van der Waals surface area contributed by atoms with Crippen molar-refractivity contribution < 1.29 is 9.59 Å². The fourth-order valence-corrected chi connectivity index (χ4v) is 2.56. The average Bonchev–Trinajstić information content (AvgIpc) is 2.69. The lowest BCUT2D eigenvalue weighted by Crippen LogP contribution is -2.07. The summed E-state index contributed by atoms with van der Waals surface area (Å²) in [5, 5.41) is 8.83. The Hall–Kier alpha value is -3.86. The molecule has 5 nitrogen and oxygen atoms in total. The highest BCUT2D eigenvalue weighted by molar-refractivity contribution is 6.02. The third-order valence-corrected chi connectivity index (χ3v) is 3.87. The lowest BCUT2D eigenvalue weighted by atomic mass is 10.2. The van der Waals surface area contributed by atoms with Crippen LogP contribution in [-0.4, -0.2) is 11.8 Å². The van der Waals surface area contributed by atoms with E-state index in [4.69, 9.17) is 0 Å². The van der Waals surface area contributed by atoms with Gasteiger partial charge in [-0.05, 0) is 60.2 Å². The van der Waals surface area contributed by atoms with Crippen molar-refractivity contribution in [1.82, 2.24) is 0 Å². The number of para-hydroxylation sites is 1. The van der Waals surface area contributed by atoms with Gasteiger partial charge in [0, 0.05) is 35.7 Å². The predicted octanol–water partition coefficient (Wildman–Crippen LogP) is 5.04. The Balaban J connectivity index is 1.54. The van der Waals surface area contributed by atoms with Crippen LogP contribution in [0.3, 0.4) is 0 Å². The van der Waals surface area contributed by atoms with Crippen LogP contribution in [0, 0.1) is 0 Å². The zero-order chi connectivity index (χ0) is 19.8. The van der Waals surface area contributed by atoms with Crippen LogP contribution in [-0.2, 0) is 9.59 Å². The molecule has 2 amide bonds. The highest BCUT2D eigenvalue weighted by Crippen LogP contribution is 2.18. The Morgan fingerprint density at radius 1 is 0.679 bits per heavy atom. The van der Waals surface area contributed by atoms with Crippen LogP contribution < -0.4 is 16.0 Å². The molecule has 0 radical (unpaired) electrons. The van der Waals surface area contributed by atoms with E-state index in [0.717, 1.165) is 22.6 Å². The van der Waals surface area contributed by atoms with E-state index >= 15 is 0 Å². The molecule has 140 valence electrons. The molecule has 0 aliphatic carbocycles. The largest absolute Gasteiger partial charge is 0.356 e. The van der Waals surface area contributed by atoms with Gasteiger partial charge in [0.15, 0.2) is 0 Å². The molecule has 0 heterocycles. The van der Waals surface area contributed by atoms with E-state index in [9.17, 15) is 9.59 Å². The van der Waals surface area contributed by atoms with E-state index in [0.29, 0.717) is 5.69 Å². The van der Waals surface area contributed by atoms with Gasteiger partial charge in [-0.2, -0.15) is 0 Å². The summed E-state index contributed by atoms with van der Waals surface area (Å²) in [6.45, 7) is 1.46. The molecule has 0 fully saturated rings. The minimum atomic E-state index is -0.213. The summed E-state index contributed by atoms with van der Waals surface area (Å²) in [6.07, 6.45) is 3.20. The summed E-state index contributed by atoms with van der Waals surface area (Å²) in [5.41, 5.74) is 4.25. The van der Waals surface area contributed by atoms with Crippen LogP contribution in [0.4, 0.5) is 22.7 Å². The SMILES string of the molecule is CC(=O)Nc1ccc(/C=C/C(=O)Nc2ccc(Nc3ccccc3)cc2)cc1. The highest BCUT2D eigenvalue weighted by Gasteiger charge is 2.00. The molecular weight excluding hydrogens is 350 g/mol. The number of carbonyl (C=O) groups is 2. The number of rotatable bonds is 6. The Labute approximate surface area is 164 Å². The number of hydrogen-bond donors (Lipinski definition) is 3. The molecule has 0 saturated heterocycles. The molecule has 0 atom stereocenters. The van der Waals surface area contributed by atoms with Crippen LogP contribution >= 0.6 is 0 Å². The maximum Gasteiger partial charge on any atom is 0.248 e. The van der Waals surface area contributed by atoms with Gasteiger partial charge < -0.3 is 16.0 Å². The Morgan fingerprint density at radius 2 is 1.21 bits per heavy atom. The zero-order valence-corrected chi connectivity index (χ0v) is 15.5. The molecule has 0 aromatic heterocycles. The first-order chi connectivity index (χ1) is 13.6. The highest BCUT2D eigenvalue weighted by atomic mass is 16.2. The second-order valence-corrected chi connectivity index (χ2v) is 6.19. The first-order valence-corrected chi connectivity index (χ1v) is 8.87. The molecule has 0 bridgehead atoms. The number of amides is 2. The molecule has 0 unspecified atom stereocenters. The minimum absolute atomic E-state index is 0.118. The van der Waals surface area contributed by atoms with Crippen LogP contribution in [0.2, 0.25) is 0 Å². The Bertz CT molecular complexity index is 963.